The summed E-state index contributed by atoms with van der Waals surface area (Å²) in [6, 6.07) is 0. The van der Waals surface area contributed by atoms with Crippen molar-refractivity contribution in [2.24, 2.45) is 5.73 Å². The Balaban J connectivity index is 1.84. The Bertz CT molecular complexity index is 547. The Kier molecular flexibility index (Phi) is 14.4. The third kappa shape index (κ3) is 9.03. The van der Waals surface area contributed by atoms with E-state index in [-0.39, 0.29) is 13.2 Å². The van der Waals surface area contributed by atoms with Crippen molar-refractivity contribution in [3.05, 3.63) is 0 Å². The van der Waals surface area contributed by atoms with Gasteiger partial charge in [0.15, 0.2) is 12.6 Å². The molecule has 2 rings (SSSR count). The number of ether oxygens (including phenoxy) is 4. The van der Waals surface area contributed by atoms with E-state index < -0.39 is 74.6 Å². The molecule has 0 aromatic carbocycles. The zero-order chi connectivity index (χ0) is 26.7. The lowest BCUT2D eigenvalue weighted by Crippen LogP contribution is -2.59. The molecule has 0 radical (unpaired) electrons. The van der Waals surface area contributed by atoms with E-state index in [1.807, 2.05) is 4.90 Å². The number of hydrogen-bond acceptors (Lipinski definition) is 14. The summed E-state index contributed by atoms with van der Waals surface area (Å²) in [6.07, 6.45) is -9.74. The minimum atomic E-state index is -1.52. The molecule has 14 nitrogen and oxygen atoms in total. The summed E-state index contributed by atoms with van der Waals surface area (Å²) < 4.78 is 21.9. The molecule has 214 valence electrons. The Morgan fingerprint density at radius 3 is 1.44 bits per heavy atom. The van der Waals surface area contributed by atoms with Gasteiger partial charge in [-0.1, -0.05) is 12.8 Å². The Hall–Kier alpha value is -0.560. The first-order chi connectivity index (χ1) is 17.2. The molecule has 2 aliphatic heterocycles. The highest BCUT2D eigenvalue weighted by molar-refractivity contribution is 4.89. The first kappa shape index (κ1) is 31.7. The molecule has 0 spiro atoms. The highest BCUT2D eigenvalue weighted by atomic mass is 16.7. The molecule has 2 heterocycles. The van der Waals surface area contributed by atoms with Crippen LogP contribution in [-0.2, 0) is 18.9 Å². The van der Waals surface area contributed by atoms with Crippen LogP contribution in [0.4, 0.5) is 0 Å². The van der Waals surface area contributed by atoms with E-state index in [0.717, 1.165) is 25.7 Å². The minimum Gasteiger partial charge on any atom is -0.394 e. The summed E-state index contributed by atoms with van der Waals surface area (Å²) in [5.41, 5.74) is 5.54. The second-order valence-electron chi connectivity index (χ2n) is 9.18. The monoisotopic (exact) mass is 528 g/mol. The van der Waals surface area contributed by atoms with E-state index in [1.54, 1.807) is 0 Å². The van der Waals surface area contributed by atoms with Gasteiger partial charge >= 0.3 is 0 Å². The standard InChI is InChI=1S/C22H44N2O12/c23-5-3-1-2-4-6-24(7-9-33-21-19(31)17(29)15(27)13(11-25)35-21)8-10-34-22-20(32)18(30)16(28)14(12-26)36-22/h13-22,25-32H,1-12,23H2/t13-,14-,15-,16-,17+,18+,19+,20+,21+,22+/m1/s1. The molecule has 36 heavy (non-hydrogen) atoms. The average molecular weight is 529 g/mol. The normalized spacial score (nSPS) is 37.5. The molecule has 0 amide bonds. The predicted molar refractivity (Wildman–Crippen MR) is 123 cm³/mol. The van der Waals surface area contributed by atoms with Crippen molar-refractivity contribution >= 4 is 0 Å². The van der Waals surface area contributed by atoms with E-state index in [4.69, 9.17) is 24.7 Å². The van der Waals surface area contributed by atoms with E-state index in [1.165, 1.54) is 0 Å². The van der Waals surface area contributed by atoms with Crippen LogP contribution in [0.2, 0.25) is 0 Å². The minimum absolute atomic E-state index is 0.103. The average Bonchev–Trinajstić information content (AvgIpc) is 2.88. The molecule has 0 saturated carbocycles. The second-order valence-corrected chi connectivity index (χ2v) is 9.18. The van der Waals surface area contributed by atoms with E-state index in [9.17, 15) is 40.9 Å². The molecular formula is C22H44N2O12. The maximum absolute atomic E-state index is 10.1. The van der Waals surface area contributed by atoms with Gasteiger partial charge in [-0.25, -0.2) is 0 Å². The van der Waals surface area contributed by atoms with Gasteiger partial charge < -0.3 is 65.5 Å². The summed E-state index contributed by atoms with van der Waals surface area (Å²) in [6.45, 7) is 1.21. The van der Waals surface area contributed by atoms with Crippen molar-refractivity contribution in [2.45, 2.75) is 87.1 Å². The first-order valence-electron chi connectivity index (χ1n) is 12.5. The van der Waals surface area contributed by atoms with Gasteiger partial charge in [-0.05, 0) is 25.9 Å². The molecule has 14 heteroatoms. The second kappa shape index (κ2) is 16.4. The molecule has 0 bridgehead atoms. The molecule has 0 aromatic heterocycles. The van der Waals surface area contributed by atoms with Gasteiger partial charge in [-0.3, -0.25) is 4.90 Å². The summed E-state index contributed by atoms with van der Waals surface area (Å²) in [5.74, 6) is 0. The summed E-state index contributed by atoms with van der Waals surface area (Å²) in [4.78, 5) is 2.01. The maximum atomic E-state index is 10.1. The fourth-order valence-electron chi connectivity index (χ4n) is 4.17. The zero-order valence-corrected chi connectivity index (χ0v) is 20.5. The Labute approximate surface area is 210 Å². The highest BCUT2D eigenvalue weighted by Gasteiger charge is 2.45. The largest absolute Gasteiger partial charge is 0.394 e. The van der Waals surface area contributed by atoms with Gasteiger partial charge in [0.2, 0.25) is 0 Å². The van der Waals surface area contributed by atoms with Crippen LogP contribution in [0.1, 0.15) is 25.7 Å². The van der Waals surface area contributed by atoms with Crippen LogP contribution >= 0.6 is 0 Å². The topological polar surface area (TPSA) is 228 Å². The van der Waals surface area contributed by atoms with Crippen LogP contribution in [0.15, 0.2) is 0 Å². The quantitative estimate of drug-likeness (QED) is 0.0860. The van der Waals surface area contributed by atoms with Crippen molar-refractivity contribution in [3.63, 3.8) is 0 Å². The third-order valence-electron chi connectivity index (χ3n) is 6.50. The first-order valence-corrected chi connectivity index (χ1v) is 12.5. The van der Waals surface area contributed by atoms with E-state index in [0.29, 0.717) is 26.2 Å². The molecule has 2 fully saturated rings. The molecule has 0 aromatic rings. The number of nitrogens with zero attached hydrogens (tertiary/aromatic N) is 1. The lowest BCUT2D eigenvalue weighted by Gasteiger charge is -2.40. The van der Waals surface area contributed by atoms with Crippen LogP contribution in [0, 0.1) is 0 Å². The number of nitrogens with two attached hydrogens (primary N) is 1. The van der Waals surface area contributed by atoms with E-state index in [2.05, 4.69) is 0 Å². The van der Waals surface area contributed by atoms with Crippen LogP contribution in [0.3, 0.4) is 0 Å². The van der Waals surface area contributed by atoms with Crippen LogP contribution in [0.25, 0.3) is 0 Å². The number of hydrogen-bond donors (Lipinski definition) is 9. The van der Waals surface area contributed by atoms with Gasteiger partial charge in [-0.15, -0.1) is 0 Å². The van der Waals surface area contributed by atoms with E-state index >= 15 is 0 Å². The van der Waals surface area contributed by atoms with Crippen molar-refractivity contribution in [1.29, 1.82) is 0 Å². The molecule has 0 aliphatic carbocycles. The maximum Gasteiger partial charge on any atom is 0.186 e. The number of aliphatic hydroxyl groups excluding tert-OH is 8. The van der Waals surface area contributed by atoms with Crippen molar-refractivity contribution in [1.82, 2.24) is 4.90 Å². The molecule has 2 aliphatic rings. The Morgan fingerprint density at radius 1 is 0.583 bits per heavy atom. The molecule has 10 N–H and O–H groups in total. The van der Waals surface area contributed by atoms with Crippen molar-refractivity contribution < 1.29 is 59.8 Å². The number of unbranched alkanes of at least 4 members (excludes halogenated alkanes) is 3. The fourth-order valence-corrected chi connectivity index (χ4v) is 4.17. The van der Waals surface area contributed by atoms with Gasteiger partial charge in [0, 0.05) is 13.1 Å². The third-order valence-corrected chi connectivity index (χ3v) is 6.50. The summed E-state index contributed by atoms with van der Waals surface area (Å²) in [5, 5.41) is 78.4. The molecule has 2 saturated heterocycles. The molecule has 0 unspecified atom stereocenters. The Morgan fingerprint density at radius 2 is 1.03 bits per heavy atom. The lowest BCUT2D eigenvalue weighted by atomic mass is 9.99. The predicted octanol–water partition coefficient (Wildman–Crippen LogP) is -4.56. The van der Waals surface area contributed by atoms with Crippen molar-refractivity contribution in [2.75, 3.05) is 52.6 Å². The van der Waals surface area contributed by atoms with Gasteiger partial charge in [0.25, 0.3) is 0 Å². The number of rotatable bonds is 16. The smallest absolute Gasteiger partial charge is 0.186 e. The van der Waals surface area contributed by atoms with Crippen LogP contribution in [-0.4, -0.2) is 160 Å². The van der Waals surface area contributed by atoms with Crippen LogP contribution in [0.5, 0.6) is 0 Å². The fraction of sp³-hybridized carbons (Fsp3) is 1.00. The molecular weight excluding hydrogens is 484 g/mol. The van der Waals surface area contributed by atoms with Gasteiger partial charge in [0.1, 0.15) is 48.8 Å². The van der Waals surface area contributed by atoms with Gasteiger partial charge in [0.05, 0.1) is 26.4 Å². The zero-order valence-electron chi connectivity index (χ0n) is 20.5. The molecule has 10 atom stereocenters. The summed E-state index contributed by atoms with van der Waals surface area (Å²) >= 11 is 0. The van der Waals surface area contributed by atoms with Gasteiger partial charge in [-0.2, -0.15) is 0 Å². The SMILES string of the molecule is NCCCCCCN(CCO[C@H]1O[C@H](CO)[C@@H](O)[C@H](O)[C@@H]1O)CCO[C@H]1O[C@H](CO)[C@@H](O)[C@H](O)[C@@H]1O. The van der Waals surface area contributed by atoms with Crippen LogP contribution < -0.4 is 5.73 Å². The highest BCUT2D eigenvalue weighted by Crippen LogP contribution is 2.23. The summed E-state index contributed by atoms with van der Waals surface area (Å²) in [7, 11) is 0. The lowest BCUT2D eigenvalue weighted by molar-refractivity contribution is -0.303. The number of aliphatic hydroxyl groups is 8. The van der Waals surface area contributed by atoms with Crippen molar-refractivity contribution in [3.8, 4) is 0 Å².